The van der Waals surface area contributed by atoms with Gasteiger partial charge in [-0.1, -0.05) is 6.07 Å². The lowest BCUT2D eigenvalue weighted by atomic mass is 10.3. The number of esters is 1. The molecule has 1 aromatic heterocycles. The number of nitrogens with zero attached hydrogens (tertiary/aromatic N) is 1. The number of ether oxygens (including phenoxy) is 2. The van der Waals surface area contributed by atoms with Crippen molar-refractivity contribution in [2.24, 2.45) is 0 Å². The van der Waals surface area contributed by atoms with Gasteiger partial charge in [0, 0.05) is 7.11 Å². The summed E-state index contributed by atoms with van der Waals surface area (Å²) in [6, 6.07) is 4.57. The van der Waals surface area contributed by atoms with E-state index in [0.29, 0.717) is 12.9 Å². The zero-order chi connectivity index (χ0) is 11.1. The molecule has 0 aliphatic carbocycles. The fraction of sp³-hybridized carbons (Fsp3) is 0.300. The highest BCUT2D eigenvalue weighted by atomic mass is 16.6. The van der Waals surface area contributed by atoms with Crippen LogP contribution in [0.15, 0.2) is 18.2 Å². The number of hydrogen-bond acceptors (Lipinski definition) is 5. The van der Waals surface area contributed by atoms with Gasteiger partial charge in [0.05, 0.1) is 6.61 Å². The minimum Gasteiger partial charge on any atom is -0.459 e. The molecular weight excluding hydrogens is 198 g/mol. The third kappa shape index (κ3) is 3.47. The zero-order valence-electron chi connectivity index (χ0n) is 8.30. The Labute approximate surface area is 87.0 Å². The van der Waals surface area contributed by atoms with E-state index in [-0.39, 0.29) is 18.0 Å². The highest BCUT2D eigenvalue weighted by Gasteiger charge is 2.08. The van der Waals surface area contributed by atoms with E-state index in [2.05, 4.69) is 4.98 Å². The molecule has 0 aliphatic heterocycles. The first kappa shape index (κ1) is 11.3. The molecule has 5 nitrogen and oxygen atoms in total. The molecule has 1 rings (SSSR count). The average Bonchev–Trinajstić information content (AvgIpc) is 2.29. The van der Waals surface area contributed by atoms with Crippen LogP contribution in [0.1, 0.15) is 21.0 Å². The summed E-state index contributed by atoms with van der Waals surface area (Å²) in [7, 11) is 1.51. The van der Waals surface area contributed by atoms with Crippen LogP contribution in [0.2, 0.25) is 0 Å². The van der Waals surface area contributed by atoms with E-state index in [1.165, 1.54) is 19.2 Å². The third-order valence-electron chi connectivity index (χ3n) is 1.62. The highest BCUT2D eigenvalue weighted by molar-refractivity contribution is 5.88. The Kier molecular flexibility index (Phi) is 4.43. The van der Waals surface area contributed by atoms with Gasteiger partial charge in [0.15, 0.2) is 6.29 Å². The molecule has 0 saturated heterocycles. The molecule has 0 aliphatic rings. The first-order valence-corrected chi connectivity index (χ1v) is 4.36. The fourth-order valence-electron chi connectivity index (χ4n) is 0.922. The van der Waals surface area contributed by atoms with Crippen molar-refractivity contribution in [3.63, 3.8) is 0 Å². The molecule has 15 heavy (non-hydrogen) atoms. The van der Waals surface area contributed by atoms with E-state index in [0.717, 1.165) is 0 Å². The number of rotatable bonds is 5. The van der Waals surface area contributed by atoms with Gasteiger partial charge in [-0.2, -0.15) is 0 Å². The summed E-state index contributed by atoms with van der Waals surface area (Å²) in [6.07, 6.45) is 0.575. The summed E-state index contributed by atoms with van der Waals surface area (Å²) in [4.78, 5) is 25.5. The van der Waals surface area contributed by atoms with Crippen molar-refractivity contribution in [3.8, 4) is 0 Å². The predicted molar refractivity (Wildman–Crippen MR) is 51.8 cm³/mol. The van der Waals surface area contributed by atoms with E-state index >= 15 is 0 Å². The average molecular weight is 209 g/mol. The Morgan fingerprint density at radius 2 is 2.27 bits per heavy atom. The number of pyridine rings is 1. The minimum atomic E-state index is -0.559. The Morgan fingerprint density at radius 3 is 2.93 bits per heavy atom. The Bertz CT molecular complexity index is 351. The van der Waals surface area contributed by atoms with Gasteiger partial charge in [-0.3, -0.25) is 4.79 Å². The summed E-state index contributed by atoms with van der Waals surface area (Å²) < 4.78 is 9.54. The van der Waals surface area contributed by atoms with Gasteiger partial charge in [-0.15, -0.1) is 0 Å². The van der Waals surface area contributed by atoms with E-state index in [1.807, 2.05) is 0 Å². The van der Waals surface area contributed by atoms with Crippen LogP contribution in [0.5, 0.6) is 0 Å². The van der Waals surface area contributed by atoms with Gasteiger partial charge in [-0.05, 0) is 12.1 Å². The SMILES string of the molecule is COCCOC(=O)c1cccc(C=O)n1. The fourth-order valence-corrected chi connectivity index (χ4v) is 0.922. The molecule has 0 amide bonds. The minimum absolute atomic E-state index is 0.121. The molecule has 0 radical (unpaired) electrons. The second-order valence-electron chi connectivity index (χ2n) is 2.69. The maximum Gasteiger partial charge on any atom is 0.357 e. The van der Waals surface area contributed by atoms with Crippen LogP contribution in [0.4, 0.5) is 0 Å². The van der Waals surface area contributed by atoms with Gasteiger partial charge in [0.1, 0.15) is 18.0 Å². The smallest absolute Gasteiger partial charge is 0.357 e. The molecule has 0 spiro atoms. The van der Waals surface area contributed by atoms with Crippen molar-refractivity contribution >= 4 is 12.3 Å². The standard InChI is InChI=1S/C10H11NO4/c1-14-5-6-15-10(13)9-4-2-3-8(7-12)11-9/h2-4,7H,5-6H2,1H3. The van der Waals surface area contributed by atoms with Crippen LogP contribution >= 0.6 is 0 Å². The lowest BCUT2D eigenvalue weighted by Crippen LogP contribution is -2.11. The lowest BCUT2D eigenvalue weighted by molar-refractivity contribution is 0.0381. The van der Waals surface area contributed by atoms with Crippen molar-refractivity contribution in [1.82, 2.24) is 4.98 Å². The van der Waals surface area contributed by atoms with Gasteiger partial charge in [0.2, 0.25) is 0 Å². The monoisotopic (exact) mass is 209 g/mol. The van der Waals surface area contributed by atoms with Crippen molar-refractivity contribution in [3.05, 3.63) is 29.6 Å². The first-order valence-electron chi connectivity index (χ1n) is 4.36. The Balaban J connectivity index is 2.61. The molecule has 80 valence electrons. The summed E-state index contributed by atoms with van der Waals surface area (Å²) in [5, 5.41) is 0. The molecule has 0 unspecified atom stereocenters. The lowest BCUT2D eigenvalue weighted by Gasteiger charge is -2.03. The molecule has 1 heterocycles. The summed E-state index contributed by atoms with van der Waals surface area (Å²) in [5.41, 5.74) is 0.326. The molecule has 0 saturated carbocycles. The van der Waals surface area contributed by atoms with Gasteiger partial charge in [-0.25, -0.2) is 9.78 Å². The second-order valence-corrected chi connectivity index (χ2v) is 2.69. The number of hydrogen-bond donors (Lipinski definition) is 0. The van der Waals surface area contributed by atoms with E-state index in [1.54, 1.807) is 6.07 Å². The quantitative estimate of drug-likeness (QED) is 0.405. The molecule has 0 fully saturated rings. The van der Waals surface area contributed by atoms with E-state index in [9.17, 15) is 9.59 Å². The maximum absolute atomic E-state index is 11.3. The molecule has 1 aromatic rings. The van der Waals surface area contributed by atoms with Crippen molar-refractivity contribution < 1.29 is 19.1 Å². The largest absolute Gasteiger partial charge is 0.459 e. The molecule has 0 atom stereocenters. The van der Waals surface area contributed by atoms with Crippen LogP contribution in [0, 0.1) is 0 Å². The highest BCUT2D eigenvalue weighted by Crippen LogP contribution is 1.99. The van der Waals surface area contributed by atoms with E-state index in [4.69, 9.17) is 9.47 Å². The van der Waals surface area contributed by atoms with Crippen LogP contribution in [0.25, 0.3) is 0 Å². The third-order valence-corrected chi connectivity index (χ3v) is 1.62. The number of carbonyl (C=O) groups is 2. The molecular formula is C10H11NO4. The van der Waals surface area contributed by atoms with E-state index < -0.39 is 5.97 Å². The molecule has 5 heteroatoms. The molecule has 0 aromatic carbocycles. The Hall–Kier alpha value is -1.75. The first-order chi connectivity index (χ1) is 7.27. The molecule has 0 N–H and O–H groups in total. The number of aromatic nitrogens is 1. The van der Waals surface area contributed by atoms with Crippen LogP contribution in [0.3, 0.4) is 0 Å². The normalized spacial score (nSPS) is 9.67. The van der Waals surface area contributed by atoms with Gasteiger partial charge >= 0.3 is 5.97 Å². The number of aldehydes is 1. The van der Waals surface area contributed by atoms with Gasteiger partial charge < -0.3 is 9.47 Å². The summed E-state index contributed by atoms with van der Waals surface area (Å²) in [5.74, 6) is -0.559. The van der Waals surface area contributed by atoms with Crippen molar-refractivity contribution in [1.29, 1.82) is 0 Å². The van der Waals surface area contributed by atoms with Crippen LogP contribution < -0.4 is 0 Å². The molecule has 0 bridgehead atoms. The Morgan fingerprint density at radius 1 is 1.47 bits per heavy atom. The zero-order valence-corrected chi connectivity index (χ0v) is 8.30. The van der Waals surface area contributed by atoms with Crippen LogP contribution in [-0.2, 0) is 9.47 Å². The van der Waals surface area contributed by atoms with Crippen molar-refractivity contribution in [2.75, 3.05) is 20.3 Å². The summed E-state index contributed by atoms with van der Waals surface area (Å²) >= 11 is 0. The van der Waals surface area contributed by atoms with Gasteiger partial charge in [0.25, 0.3) is 0 Å². The maximum atomic E-state index is 11.3. The number of methoxy groups -OCH3 is 1. The van der Waals surface area contributed by atoms with Crippen LogP contribution in [-0.4, -0.2) is 37.6 Å². The summed E-state index contributed by atoms with van der Waals surface area (Å²) in [6.45, 7) is 0.501. The number of carbonyl (C=O) groups excluding carboxylic acids is 2. The predicted octanol–water partition coefficient (Wildman–Crippen LogP) is 0.697. The van der Waals surface area contributed by atoms with Crippen molar-refractivity contribution in [2.45, 2.75) is 0 Å². The second kappa shape index (κ2) is 5.87. The topological polar surface area (TPSA) is 65.5 Å².